The highest BCUT2D eigenvalue weighted by Crippen LogP contribution is 2.33. The Morgan fingerprint density at radius 3 is 2.90 bits per heavy atom. The standard InChI is InChI=1S/C12H7BrFNO3S2/c13-7-1-2-8(14)6(3-7)4-9-11(18)15(5-10(16)17)12(19)20-9/h1-4H,5H2,(H,16,17)/p-1/b9-4+. The summed E-state index contributed by atoms with van der Waals surface area (Å²) in [6.45, 7) is -0.608. The van der Waals surface area contributed by atoms with E-state index >= 15 is 0 Å². The number of hydrogen-bond donors (Lipinski definition) is 0. The molecule has 4 nitrogen and oxygen atoms in total. The number of amides is 1. The van der Waals surface area contributed by atoms with Crippen molar-refractivity contribution in [2.24, 2.45) is 0 Å². The maximum Gasteiger partial charge on any atom is 0.266 e. The van der Waals surface area contributed by atoms with Crippen LogP contribution in [-0.4, -0.2) is 27.6 Å². The zero-order valence-electron chi connectivity index (χ0n) is 9.76. The number of aliphatic carboxylic acids is 1. The fourth-order valence-electron chi connectivity index (χ4n) is 1.53. The molecule has 0 saturated carbocycles. The minimum absolute atomic E-state index is 0.112. The number of rotatable bonds is 3. The van der Waals surface area contributed by atoms with Crippen LogP contribution in [0, 0.1) is 5.82 Å². The van der Waals surface area contributed by atoms with E-state index in [-0.39, 0.29) is 14.8 Å². The van der Waals surface area contributed by atoms with E-state index in [1.54, 1.807) is 0 Å². The van der Waals surface area contributed by atoms with Crippen LogP contribution in [0.15, 0.2) is 27.6 Å². The number of halogens is 2. The van der Waals surface area contributed by atoms with Crippen molar-refractivity contribution in [3.05, 3.63) is 39.0 Å². The van der Waals surface area contributed by atoms with Gasteiger partial charge in [-0.3, -0.25) is 9.69 Å². The van der Waals surface area contributed by atoms with Crippen molar-refractivity contribution in [2.45, 2.75) is 0 Å². The van der Waals surface area contributed by atoms with Crippen LogP contribution in [0.1, 0.15) is 5.56 Å². The molecular weight excluding hydrogens is 369 g/mol. The molecule has 104 valence electrons. The highest BCUT2D eigenvalue weighted by atomic mass is 79.9. The minimum atomic E-state index is -1.41. The number of carbonyl (C=O) groups is 2. The van der Waals surface area contributed by atoms with Gasteiger partial charge >= 0.3 is 0 Å². The van der Waals surface area contributed by atoms with Gasteiger partial charge in [0, 0.05) is 10.0 Å². The van der Waals surface area contributed by atoms with Crippen molar-refractivity contribution in [3.63, 3.8) is 0 Å². The summed E-state index contributed by atoms with van der Waals surface area (Å²) < 4.78 is 14.4. The third-order valence-corrected chi connectivity index (χ3v) is 4.28. The first-order valence-corrected chi connectivity index (χ1v) is 7.30. The summed E-state index contributed by atoms with van der Waals surface area (Å²) >= 11 is 9.06. The molecule has 0 N–H and O–H groups in total. The molecule has 0 aliphatic carbocycles. The maximum absolute atomic E-state index is 13.6. The number of nitrogens with zero attached hydrogens (tertiary/aromatic N) is 1. The molecule has 1 fully saturated rings. The van der Waals surface area contributed by atoms with E-state index in [1.165, 1.54) is 24.3 Å². The average Bonchev–Trinajstić information content (AvgIpc) is 2.61. The molecule has 8 heteroatoms. The minimum Gasteiger partial charge on any atom is -0.548 e. The number of hydrogen-bond acceptors (Lipinski definition) is 5. The zero-order valence-corrected chi connectivity index (χ0v) is 13.0. The molecule has 20 heavy (non-hydrogen) atoms. The second-order valence-electron chi connectivity index (χ2n) is 3.81. The van der Waals surface area contributed by atoms with Crippen molar-refractivity contribution in [3.8, 4) is 0 Å². The van der Waals surface area contributed by atoms with E-state index in [4.69, 9.17) is 12.2 Å². The molecule has 0 bridgehead atoms. The molecule has 0 spiro atoms. The van der Waals surface area contributed by atoms with Crippen molar-refractivity contribution in [1.29, 1.82) is 0 Å². The molecule has 1 aromatic carbocycles. The van der Waals surface area contributed by atoms with Crippen molar-refractivity contribution < 1.29 is 19.1 Å². The van der Waals surface area contributed by atoms with Crippen LogP contribution >= 0.6 is 39.9 Å². The van der Waals surface area contributed by atoms with Crippen LogP contribution in [0.2, 0.25) is 0 Å². The second kappa shape index (κ2) is 6.02. The number of carbonyl (C=O) groups excluding carboxylic acids is 2. The van der Waals surface area contributed by atoms with Crippen LogP contribution in [0.4, 0.5) is 4.39 Å². The van der Waals surface area contributed by atoms with Crippen molar-refractivity contribution in [2.75, 3.05) is 6.54 Å². The summed E-state index contributed by atoms with van der Waals surface area (Å²) in [4.78, 5) is 23.6. The molecular formula is C12H6BrFNO3S2-. The van der Waals surface area contributed by atoms with Gasteiger partial charge in [0.15, 0.2) is 0 Å². The average molecular weight is 375 g/mol. The number of carboxylic acid groups (broad SMARTS) is 1. The lowest BCUT2D eigenvalue weighted by molar-refractivity contribution is -0.305. The van der Waals surface area contributed by atoms with Gasteiger partial charge in [-0.05, 0) is 24.3 Å². The van der Waals surface area contributed by atoms with E-state index < -0.39 is 24.2 Å². The molecule has 1 amide bonds. The van der Waals surface area contributed by atoms with Gasteiger partial charge in [-0.1, -0.05) is 39.9 Å². The van der Waals surface area contributed by atoms with Crippen molar-refractivity contribution in [1.82, 2.24) is 4.90 Å². The Balaban J connectivity index is 2.32. The maximum atomic E-state index is 13.6. The fraction of sp³-hybridized carbons (Fsp3) is 0.0833. The lowest BCUT2D eigenvalue weighted by Gasteiger charge is -2.14. The van der Waals surface area contributed by atoms with Gasteiger partial charge in [-0.15, -0.1) is 0 Å². The summed E-state index contributed by atoms with van der Waals surface area (Å²) in [5.41, 5.74) is 0.216. The van der Waals surface area contributed by atoms with E-state index in [9.17, 15) is 19.1 Å². The molecule has 0 atom stereocenters. The summed E-state index contributed by atoms with van der Waals surface area (Å²) in [6, 6.07) is 4.31. The highest BCUT2D eigenvalue weighted by Gasteiger charge is 2.32. The zero-order chi connectivity index (χ0) is 14.9. The van der Waals surface area contributed by atoms with Crippen molar-refractivity contribution >= 4 is 62.2 Å². The fourth-order valence-corrected chi connectivity index (χ4v) is 3.16. The molecule has 1 aliphatic heterocycles. The predicted octanol–water partition coefficient (Wildman–Crippen LogP) is 1.54. The first-order valence-electron chi connectivity index (χ1n) is 5.29. The molecule has 0 radical (unpaired) electrons. The molecule has 2 rings (SSSR count). The number of benzene rings is 1. The lowest BCUT2D eigenvalue weighted by atomic mass is 10.2. The number of carboxylic acids is 1. The Morgan fingerprint density at radius 1 is 1.55 bits per heavy atom. The third kappa shape index (κ3) is 3.25. The molecule has 1 heterocycles. The Bertz CT molecular complexity index is 648. The molecule has 1 saturated heterocycles. The van der Waals surface area contributed by atoms with Gasteiger partial charge in [-0.2, -0.15) is 0 Å². The number of thiocarbonyl (C=S) groups is 1. The van der Waals surface area contributed by atoms with Crippen LogP contribution < -0.4 is 5.11 Å². The molecule has 1 aliphatic rings. The Labute approximate surface area is 131 Å². The Kier molecular flexibility index (Phi) is 4.56. The van der Waals surface area contributed by atoms with E-state index in [0.29, 0.717) is 4.47 Å². The Hall–Kier alpha value is -1.25. The molecule has 0 aromatic heterocycles. The van der Waals surface area contributed by atoms with Gasteiger partial charge in [0.05, 0.1) is 17.4 Å². The van der Waals surface area contributed by atoms with Gasteiger partial charge < -0.3 is 9.90 Å². The first kappa shape index (κ1) is 15.1. The van der Waals surface area contributed by atoms with E-state index in [2.05, 4.69) is 15.9 Å². The number of thioether (sulfide) groups is 1. The lowest BCUT2D eigenvalue weighted by Crippen LogP contribution is -2.40. The summed E-state index contributed by atoms with van der Waals surface area (Å²) in [5.74, 6) is -2.46. The van der Waals surface area contributed by atoms with E-state index in [1.807, 2.05) is 0 Å². The van der Waals surface area contributed by atoms with Gasteiger partial charge in [0.25, 0.3) is 5.91 Å². The predicted molar refractivity (Wildman–Crippen MR) is 79.0 cm³/mol. The normalized spacial score (nSPS) is 17.1. The largest absolute Gasteiger partial charge is 0.548 e. The quantitative estimate of drug-likeness (QED) is 0.593. The summed E-state index contributed by atoms with van der Waals surface area (Å²) in [5, 5.41) is 10.6. The second-order valence-corrected chi connectivity index (χ2v) is 6.40. The highest BCUT2D eigenvalue weighted by molar-refractivity contribution is 9.10. The first-order chi connectivity index (χ1) is 9.38. The SMILES string of the molecule is O=C([O-])CN1C(=O)/C(=C\c2cc(Br)ccc2F)SC1=S. The summed E-state index contributed by atoms with van der Waals surface area (Å²) in [7, 11) is 0. The molecule has 1 aromatic rings. The van der Waals surface area contributed by atoms with Crippen LogP contribution in [-0.2, 0) is 9.59 Å². The van der Waals surface area contributed by atoms with Gasteiger partial charge in [0.2, 0.25) is 0 Å². The van der Waals surface area contributed by atoms with Crippen LogP contribution in [0.25, 0.3) is 6.08 Å². The smallest absolute Gasteiger partial charge is 0.266 e. The van der Waals surface area contributed by atoms with Gasteiger partial charge in [0.1, 0.15) is 10.1 Å². The topological polar surface area (TPSA) is 60.4 Å². The van der Waals surface area contributed by atoms with Gasteiger partial charge in [-0.25, -0.2) is 4.39 Å². The van der Waals surface area contributed by atoms with Crippen LogP contribution in [0.5, 0.6) is 0 Å². The summed E-state index contributed by atoms with van der Waals surface area (Å²) in [6.07, 6.45) is 1.34. The third-order valence-electron chi connectivity index (χ3n) is 2.41. The van der Waals surface area contributed by atoms with Crippen LogP contribution in [0.3, 0.4) is 0 Å². The monoisotopic (exact) mass is 374 g/mol. The van der Waals surface area contributed by atoms with E-state index in [0.717, 1.165) is 16.7 Å². The Morgan fingerprint density at radius 2 is 2.25 bits per heavy atom. The molecule has 0 unspecified atom stereocenters.